The summed E-state index contributed by atoms with van der Waals surface area (Å²) in [5.74, 6) is 0.592. The van der Waals surface area contributed by atoms with E-state index in [1.165, 1.54) is 11.9 Å². The highest BCUT2D eigenvalue weighted by Gasteiger charge is 2.25. The number of carbonyl (C=O) groups is 1. The Labute approximate surface area is 149 Å². The van der Waals surface area contributed by atoms with Crippen LogP contribution >= 0.6 is 15.9 Å². The highest BCUT2D eigenvalue weighted by atomic mass is 79.9. The highest BCUT2D eigenvalue weighted by Crippen LogP contribution is 2.26. The number of piperidine rings is 1. The lowest BCUT2D eigenvalue weighted by Gasteiger charge is -2.31. The van der Waals surface area contributed by atoms with Crippen LogP contribution in [-0.4, -0.2) is 34.1 Å². The summed E-state index contributed by atoms with van der Waals surface area (Å²) in [5, 5.41) is 12.4. The third kappa shape index (κ3) is 3.84. The number of hydrogen-bond donors (Lipinski definition) is 2. The summed E-state index contributed by atoms with van der Waals surface area (Å²) in [6.45, 7) is 3.43. The molecule has 7 heteroatoms. The average molecular weight is 391 g/mol. The zero-order valence-corrected chi connectivity index (χ0v) is 15.0. The molecule has 0 aliphatic carbocycles. The van der Waals surface area contributed by atoms with E-state index in [0.717, 1.165) is 21.8 Å². The van der Waals surface area contributed by atoms with Gasteiger partial charge in [-0.25, -0.2) is 9.97 Å². The van der Waals surface area contributed by atoms with E-state index in [-0.39, 0.29) is 5.92 Å². The first-order valence-corrected chi connectivity index (χ1v) is 8.65. The molecule has 1 saturated heterocycles. The van der Waals surface area contributed by atoms with E-state index < -0.39 is 5.97 Å². The molecule has 24 heavy (non-hydrogen) atoms. The molecule has 1 aromatic carbocycles. The Hall–Kier alpha value is -2.15. The molecule has 0 atom stereocenters. The summed E-state index contributed by atoms with van der Waals surface area (Å²) in [6.07, 6.45) is 2.82. The molecule has 2 heterocycles. The van der Waals surface area contributed by atoms with Crippen LogP contribution in [0.15, 0.2) is 35.1 Å². The van der Waals surface area contributed by atoms with Crippen molar-refractivity contribution in [1.82, 2.24) is 9.97 Å². The van der Waals surface area contributed by atoms with Gasteiger partial charge in [-0.05, 0) is 37.5 Å². The van der Waals surface area contributed by atoms with Crippen LogP contribution in [0.1, 0.15) is 18.4 Å². The molecule has 0 radical (unpaired) electrons. The normalized spacial score (nSPS) is 15.3. The van der Waals surface area contributed by atoms with Crippen LogP contribution in [0.3, 0.4) is 0 Å². The number of nitrogens with one attached hydrogen (secondary N) is 1. The largest absolute Gasteiger partial charge is 0.481 e. The van der Waals surface area contributed by atoms with Gasteiger partial charge in [-0.3, -0.25) is 4.79 Å². The molecule has 6 nitrogen and oxygen atoms in total. The molecule has 0 saturated carbocycles. The fourth-order valence-electron chi connectivity index (χ4n) is 2.76. The van der Waals surface area contributed by atoms with Crippen molar-refractivity contribution in [2.75, 3.05) is 23.3 Å². The molecule has 2 N–H and O–H groups in total. The topological polar surface area (TPSA) is 78.4 Å². The van der Waals surface area contributed by atoms with Gasteiger partial charge in [0, 0.05) is 29.3 Å². The van der Waals surface area contributed by atoms with E-state index in [2.05, 4.69) is 36.1 Å². The lowest BCUT2D eigenvalue weighted by molar-refractivity contribution is -0.142. The molecule has 126 valence electrons. The maximum absolute atomic E-state index is 11.0. The number of aliphatic carboxylic acids is 1. The minimum absolute atomic E-state index is 0.245. The van der Waals surface area contributed by atoms with Crippen molar-refractivity contribution in [2.45, 2.75) is 19.8 Å². The molecule has 0 spiro atoms. The van der Waals surface area contributed by atoms with E-state index in [1.807, 2.05) is 31.2 Å². The number of carboxylic acid groups (broad SMARTS) is 1. The Kier molecular flexibility index (Phi) is 4.99. The second kappa shape index (κ2) is 7.17. The van der Waals surface area contributed by atoms with Crippen molar-refractivity contribution >= 4 is 39.2 Å². The molecule has 1 fully saturated rings. The lowest BCUT2D eigenvalue weighted by Crippen LogP contribution is -2.36. The van der Waals surface area contributed by atoms with Gasteiger partial charge in [0.2, 0.25) is 0 Å². The van der Waals surface area contributed by atoms with Crippen LogP contribution in [-0.2, 0) is 4.79 Å². The fraction of sp³-hybridized carbons (Fsp3) is 0.353. The molecule has 0 amide bonds. The maximum Gasteiger partial charge on any atom is 0.306 e. The number of aryl methyl sites for hydroxylation is 1. The quantitative estimate of drug-likeness (QED) is 0.830. The lowest BCUT2D eigenvalue weighted by atomic mass is 9.97. The summed E-state index contributed by atoms with van der Waals surface area (Å²) in [5.41, 5.74) is 2.12. The third-order valence-electron chi connectivity index (χ3n) is 4.27. The molecule has 1 aliphatic rings. The number of hydrogen-bond acceptors (Lipinski definition) is 5. The van der Waals surface area contributed by atoms with Gasteiger partial charge in [-0.15, -0.1) is 0 Å². The second-order valence-corrected chi connectivity index (χ2v) is 6.80. The molecular weight excluding hydrogens is 372 g/mol. The predicted octanol–water partition coefficient (Wildman–Crippen LogP) is 3.59. The van der Waals surface area contributed by atoms with Crippen molar-refractivity contribution in [3.05, 3.63) is 40.6 Å². The third-order valence-corrected chi connectivity index (χ3v) is 5.12. The highest BCUT2D eigenvalue weighted by molar-refractivity contribution is 9.10. The fourth-order valence-corrected chi connectivity index (χ4v) is 3.14. The number of rotatable bonds is 4. The first kappa shape index (κ1) is 16.7. The number of anilines is 3. The first-order chi connectivity index (χ1) is 11.5. The maximum atomic E-state index is 11.0. The van der Waals surface area contributed by atoms with E-state index in [9.17, 15) is 4.79 Å². The number of benzene rings is 1. The second-order valence-electron chi connectivity index (χ2n) is 5.95. The SMILES string of the molecule is Cc1ccc(Nc2cc(N3CCC(C(=O)O)CC3)ncn2)cc1Br. The Morgan fingerprint density at radius 3 is 2.71 bits per heavy atom. The molecule has 3 rings (SSSR count). The van der Waals surface area contributed by atoms with Crippen molar-refractivity contribution < 1.29 is 9.90 Å². The molecule has 1 aromatic heterocycles. The Balaban J connectivity index is 1.70. The van der Waals surface area contributed by atoms with Gasteiger partial charge >= 0.3 is 5.97 Å². The van der Waals surface area contributed by atoms with E-state index in [0.29, 0.717) is 25.9 Å². The van der Waals surface area contributed by atoms with Crippen LogP contribution in [0, 0.1) is 12.8 Å². The minimum Gasteiger partial charge on any atom is -0.481 e. The van der Waals surface area contributed by atoms with Crippen LogP contribution < -0.4 is 10.2 Å². The summed E-state index contributed by atoms with van der Waals surface area (Å²) >= 11 is 3.52. The number of halogens is 1. The summed E-state index contributed by atoms with van der Waals surface area (Å²) in [6, 6.07) is 7.94. The van der Waals surface area contributed by atoms with Crippen LogP contribution in [0.25, 0.3) is 0 Å². The van der Waals surface area contributed by atoms with Crippen molar-refractivity contribution in [1.29, 1.82) is 0 Å². The molecule has 0 unspecified atom stereocenters. The Morgan fingerprint density at radius 2 is 2.04 bits per heavy atom. The Bertz CT molecular complexity index is 745. The minimum atomic E-state index is -0.704. The van der Waals surface area contributed by atoms with Gasteiger partial charge in [0.05, 0.1) is 5.92 Å². The van der Waals surface area contributed by atoms with Crippen LogP contribution in [0.2, 0.25) is 0 Å². The van der Waals surface area contributed by atoms with Crippen molar-refractivity contribution in [3.63, 3.8) is 0 Å². The standard InChI is InChI=1S/C17H19BrN4O2/c1-11-2-3-13(8-14(11)18)21-15-9-16(20-10-19-15)22-6-4-12(5-7-22)17(23)24/h2-3,8-10,12H,4-7H2,1H3,(H,23,24)(H,19,20,21). The number of carboxylic acids is 1. The zero-order chi connectivity index (χ0) is 17.1. The average Bonchev–Trinajstić information content (AvgIpc) is 2.58. The zero-order valence-electron chi connectivity index (χ0n) is 13.4. The molecule has 2 aromatic rings. The number of nitrogens with zero attached hydrogens (tertiary/aromatic N) is 3. The van der Waals surface area contributed by atoms with E-state index in [1.54, 1.807) is 0 Å². The molecular formula is C17H19BrN4O2. The number of aromatic nitrogens is 2. The van der Waals surface area contributed by atoms with Crippen molar-refractivity contribution in [3.8, 4) is 0 Å². The summed E-state index contributed by atoms with van der Waals surface area (Å²) in [7, 11) is 0. The summed E-state index contributed by atoms with van der Waals surface area (Å²) < 4.78 is 1.04. The van der Waals surface area contributed by atoms with E-state index >= 15 is 0 Å². The van der Waals surface area contributed by atoms with Crippen LogP contribution in [0.4, 0.5) is 17.3 Å². The van der Waals surface area contributed by atoms with Gasteiger partial charge in [0.1, 0.15) is 18.0 Å². The van der Waals surface area contributed by atoms with Gasteiger partial charge < -0.3 is 15.3 Å². The smallest absolute Gasteiger partial charge is 0.306 e. The predicted molar refractivity (Wildman–Crippen MR) is 96.8 cm³/mol. The first-order valence-electron chi connectivity index (χ1n) is 7.86. The molecule has 0 bridgehead atoms. The monoisotopic (exact) mass is 390 g/mol. The van der Waals surface area contributed by atoms with E-state index in [4.69, 9.17) is 5.11 Å². The molecule has 1 aliphatic heterocycles. The van der Waals surface area contributed by atoms with Gasteiger partial charge in [0.15, 0.2) is 0 Å². The summed E-state index contributed by atoms with van der Waals surface area (Å²) in [4.78, 5) is 21.7. The van der Waals surface area contributed by atoms with Gasteiger partial charge in [0.25, 0.3) is 0 Å². The van der Waals surface area contributed by atoms with Gasteiger partial charge in [-0.1, -0.05) is 22.0 Å². The van der Waals surface area contributed by atoms with Crippen molar-refractivity contribution in [2.24, 2.45) is 5.92 Å². The van der Waals surface area contributed by atoms with Gasteiger partial charge in [-0.2, -0.15) is 0 Å². The Morgan fingerprint density at radius 1 is 1.29 bits per heavy atom. The van der Waals surface area contributed by atoms with Crippen LogP contribution in [0.5, 0.6) is 0 Å².